The maximum Gasteiger partial charge on any atom is 0.490 e. The third kappa shape index (κ3) is 8.28. The quantitative estimate of drug-likeness (QED) is 0.144. The van der Waals surface area contributed by atoms with E-state index in [-0.39, 0.29) is 18.9 Å². The number of halogens is 3. The van der Waals surface area contributed by atoms with E-state index >= 15 is 0 Å². The summed E-state index contributed by atoms with van der Waals surface area (Å²) < 4.78 is 46.0. The van der Waals surface area contributed by atoms with Crippen LogP contribution < -0.4 is 10.6 Å². The Morgan fingerprint density at radius 3 is 2.39 bits per heavy atom. The summed E-state index contributed by atoms with van der Waals surface area (Å²) in [5, 5.41) is 6.73. The van der Waals surface area contributed by atoms with E-state index in [9.17, 15) is 22.8 Å². The number of aromatic nitrogens is 2. The maximum absolute atomic E-state index is 13.6. The van der Waals surface area contributed by atoms with Crippen molar-refractivity contribution in [2.24, 2.45) is 0 Å². The summed E-state index contributed by atoms with van der Waals surface area (Å²) >= 11 is 0. The van der Waals surface area contributed by atoms with Crippen molar-refractivity contribution in [2.45, 2.75) is 75.7 Å². The summed E-state index contributed by atoms with van der Waals surface area (Å²) in [6, 6.07) is 26.4. The van der Waals surface area contributed by atoms with Gasteiger partial charge in [-0.1, -0.05) is 80.6 Å². The van der Waals surface area contributed by atoms with Crippen LogP contribution in [0.3, 0.4) is 0 Å². The van der Waals surface area contributed by atoms with Crippen molar-refractivity contribution in [1.29, 1.82) is 0 Å². The number of esters is 1. The minimum Gasteiger partial charge on any atom is -0.452 e. The third-order valence-corrected chi connectivity index (χ3v) is 9.33. The van der Waals surface area contributed by atoms with Crippen molar-refractivity contribution in [3.05, 3.63) is 108 Å². The Morgan fingerprint density at radius 2 is 1.73 bits per heavy atom. The molecule has 6 rings (SSSR count). The van der Waals surface area contributed by atoms with Gasteiger partial charge in [0, 0.05) is 42.4 Å². The van der Waals surface area contributed by atoms with Crippen LogP contribution in [0, 0.1) is 0 Å². The molecule has 0 radical (unpaired) electrons. The second-order valence-corrected chi connectivity index (χ2v) is 13.1. The molecule has 0 unspecified atom stereocenters. The van der Waals surface area contributed by atoms with E-state index in [1.165, 1.54) is 11.9 Å². The molecule has 0 bridgehead atoms. The maximum atomic E-state index is 13.6. The molecule has 256 valence electrons. The highest BCUT2D eigenvalue weighted by molar-refractivity contribution is 5.79. The standard InChI is InChI=1S/C38H40F3N5O3/c1-25(2)28-10-6-11-29(21-28)37(17-18-37)44-23-33(49-36(48)38(39,40)41)32(46-19-7-12-35(46)47)20-26-13-15-30(16-14-26)45-34-22-31(42-24-43-34)27-8-4-3-5-9-27/h3-6,8-11,13-16,21-22,24-25,32-33,44H,7,12,17-20,23H2,1-2H3,(H,42,43,45)/t32-,33+/m0/s1. The largest absolute Gasteiger partial charge is 0.490 e. The van der Waals surface area contributed by atoms with Gasteiger partial charge < -0.3 is 20.3 Å². The van der Waals surface area contributed by atoms with E-state index in [4.69, 9.17) is 4.74 Å². The highest BCUT2D eigenvalue weighted by atomic mass is 19.4. The molecule has 11 heteroatoms. The lowest BCUT2D eigenvalue weighted by atomic mass is 9.95. The summed E-state index contributed by atoms with van der Waals surface area (Å²) in [4.78, 5) is 35.6. The molecule has 1 aliphatic carbocycles. The average Bonchev–Trinajstić information content (AvgIpc) is 3.78. The Hall–Kier alpha value is -4.77. The molecule has 4 aromatic rings. The van der Waals surface area contributed by atoms with Gasteiger partial charge in [0.2, 0.25) is 5.91 Å². The van der Waals surface area contributed by atoms with Crippen molar-refractivity contribution in [2.75, 3.05) is 18.4 Å². The zero-order chi connectivity index (χ0) is 34.6. The number of carbonyl (C=O) groups excluding carboxylic acids is 2. The first-order valence-corrected chi connectivity index (χ1v) is 16.7. The van der Waals surface area contributed by atoms with Gasteiger partial charge in [-0.3, -0.25) is 4.79 Å². The minimum atomic E-state index is -5.17. The van der Waals surface area contributed by atoms with Gasteiger partial charge in [-0.2, -0.15) is 13.2 Å². The van der Waals surface area contributed by atoms with Crippen LogP contribution in [0.25, 0.3) is 11.3 Å². The minimum absolute atomic E-state index is 0.0424. The van der Waals surface area contributed by atoms with Crippen molar-refractivity contribution in [1.82, 2.24) is 20.2 Å². The van der Waals surface area contributed by atoms with Crippen LogP contribution in [0.15, 0.2) is 91.3 Å². The predicted molar refractivity (Wildman–Crippen MR) is 181 cm³/mol. The molecule has 2 heterocycles. The van der Waals surface area contributed by atoms with Crippen molar-refractivity contribution < 1.29 is 27.5 Å². The Morgan fingerprint density at radius 1 is 0.980 bits per heavy atom. The number of ether oxygens (including phenoxy) is 1. The van der Waals surface area contributed by atoms with Crippen molar-refractivity contribution >= 4 is 23.4 Å². The van der Waals surface area contributed by atoms with Gasteiger partial charge in [0.05, 0.1) is 11.7 Å². The van der Waals surface area contributed by atoms with E-state index in [0.717, 1.165) is 40.9 Å². The fourth-order valence-electron chi connectivity index (χ4n) is 6.41. The van der Waals surface area contributed by atoms with Crippen LogP contribution >= 0.6 is 0 Å². The molecule has 2 atom stereocenters. The molecule has 2 fully saturated rings. The molecule has 1 aromatic heterocycles. The van der Waals surface area contributed by atoms with Crippen LogP contribution in [0.1, 0.15) is 62.1 Å². The van der Waals surface area contributed by atoms with Crippen molar-refractivity contribution in [3.8, 4) is 11.3 Å². The molecule has 1 saturated carbocycles. The number of rotatable bonds is 13. The molecule has 1 saturated heterocycles. The van der Waals surface area contributed by atoms with Gasteiger partial charge in [-0.15, -0.1) is 0 Å². The van der Waals surface area contributed by atoms with Crippen LogP contribution in [-0.2, 0) is 26.3 Å². The first kappa shape index (κ1) is 34.1. The smallest absolute Gasteiger partial charge is 0.452 e. The lowest BCUT2D eigenvalue weighted by Gasteiger charge is -2.35. The molecular formula is C38H40F3N5O3. The van der Waals surface area contributed by atoms with E-state index in [1.54, 1.807) is 4.90 Å². The SMILES string of the molecule is CC(C)c1cccc(C2(NC[C@@H](OC(=O)C(F)(F)F)[C@H](Cc3ccc(Nc4cc(-c5ccccc5)ncn4)cc3)N3CCCC3=O)CC2)c1. The highest BCUT2D eigenvalue weighted by Crippen LogP contribution is 2.46. The number of benzene rings is 3. The van der Waals surface area contributed by atoms with E-state index in [0.29, 0.717) is 31.1 Å². The van der Waals surface area contributed by atoms with E-state index in [1.807, 2.05) is 72.8 Å². The molecule has 2 aliphatic rings. The van der Waals surface area contributed by atoms with Gasteiger partial charge in [0.25, 0.3) is 0 Å². The lowest BCUT2D eigenvalue weighted by molar-refractivity contribution is -0.207. The lowest BCUT2D eigenvalue weighted by Crippen LogP contribution is -2.53. The van der Waals surface area contributed by atoms with Crippen LogP contribution in [0.4, 0.5) is 24.7 Å². The molecule has 1 aliphatic heterocycles. The molecule has 8 nitrogen and oxygen atoms in total. The van der Waals surface area contributed by atoms with Gasteiger partial charge in [-0.25, -0.2) is 14.8 Å². The zero-order valence-electron chi connectivity index (χ0n) is 27.5. The first-order valence-electron chi connectivity index (χ1n) is 16.7. The summed E-state index contributed by atoms with van der Waals surface area (Å²) in [5.41, 5.74) is 5.04. The van der Waals surface area contributed by atoms with E-state index < -0.39 is 29.8 Å². The third-order valence-electron chi connectivity index (χ3n) is 9.33. The molecule has 49 heavy (non-hydrogen) atoms. The Labute approximate surface area is 284 Å². The number of nitrogens with one attached hydrogen (secondary N) is 2. The van der Waals surface area contributed by atoms with Crippen LogP contribution in [0.2, 0.25) is 0 Å². The van der Waals surface area contributed by atoms with E-state index in [2.05, 4.69) is 46.6 Å². The fraction of sp³-hybridized carbons (Fsp3) is 0.368. The monoisotopic (exact) mass is 671 g/mol. The number of hydrogen-bond donors (Lipinski definition) is 2. The van der Waals surface area contributed by atoms with Crippen LogP contribution in [-0.4, -0.2) is 58.2 Å². The topological polar surface area (TPSA) is 96.4 Å². The molecular weight excluding hydrogens is 631 g/mol. The van der Waals surface area contributed by atoms with Crippen LogP contribution in [0.5, 0.6) is 0 Å². The predicted octanol–water partition coefficient (Wildman–Crippen LogP) is 7.30. The summed E-state index contributed by atoms with van der Waals surface area (Å²) in [6.07, 6.45) is -2.24. The average molecular weight is 672 g/mol. The number of alkyl halides is 3. The molecule has 0 spiro atoms. The number of amides is 1. The second-order valence-electron chi connectivity index (χ2n) is 13.1. The molecule has 2 N–H and O–H groups in total. The normalized spacial score (nSPS) is 16.8. The highest BCUT2D eigenvalue weighted by Gasteiger charge is 2.48. The van der Waals surface area contributed by atoms with Gasteiger partial charge >= 0.3 is 12.1 Å². The summed E-state index contributed by atoms with van der Waals surface area (Å²) in [5.74, 6) is -1.52. The van der Waals surface area contributed by atoms with Gasteiger partial charge in [-0.05, 0) is 60.4 Å². The van der Waals surface area contributed by atoms with Crippen molar-refractivity contribution in [3.63, 3.8) is 0 Å². The second kappa shape index (κ2) is 14.4. The summed E-state index contributed by atoms with van der Waals surface area (Å²) in [7, 11) is 0. The Balaban J connectivity index is 1.22. The molecule has 1 amide bonds. The number of nitrogens with zero attached hydrogens (tertiary/aromatic N) is 3. The number of likely N-dealkylation sites (tertiary alicyclic amines) is 1. The number of carbonyl (C=O) groups is 2. The Bertz CT molecular complexity index is 1760. The fourth-order valence-corrected chi connectivity index (χ4v) is 6.41. The molecule has 3 aromatic carbocycles. The zero-order valence-corrected chi connectivity index (χ0v) is 27.5. The van der Waals surface area contributed by atoms with Gasteiger partial charge in [0.1, 0.15) is 18.2 Å². The van der Waals surface area contributed by atoms with Gasteiger partial charge in [0.15, 0.2) is 0 Å². The number of hydrogen-bond acceptors (Lipinski definition) is 7. The Kier molecular flexibility index (Phi) is 10.0. The number of anilines is 2. The summed E-state index contributed by atoms with van der Waals surface area (Å²) in [6.45, 7) is 4.55. The first-order chi connectivity index (χ1) is 23.5.